The predicted molar refractivity (Wildman–Crippen MR) is 72.5 cm³/mol. The number of carbonyl (C=O) groups is 2. The molecule has 7 nitrogen and oxygen atoms in total. The topological polar surface area (TPSA) is 89.8 Å². The molecule has 1 N–H and O–H groups in total. The Bertz CT molecular complexity index is 642. The molecular weight excluding hydrogens is 278 g/mol. The van der Waals surface area contributed by atoms with Gasteiger partial charge in [0.25, 0.3) is 11.7 Å². The summed E-state index contributed by atoms with van der Waals surface area (Å²) >= 11 is 1.23. The minimum absolute atomic E-state index is 0.0196. The standard InChI is InChI=1S/C12H11N5O2S/c18-11(13-9-6-7-20-12(9)19)10-14-16-17(15-10)8-4-2-1-3-5-8/h1-5,9H,6-7H2,(H,13,18)/t9-/m1/s1. The molecule has 1 saturated heterocycles. The second-order valence-electron chi connectivity index (χ2n) is 4.22. The van der Waals surface area contributed by atoms with E-state index in [4.69, 9.17) is 0 Å². The molecule has 0 bridgehead atoms. The Kier molecular flexibility index (Phi) is 3.46. The summed E-state index contributed by atoms with van der Waals surface area (Å²) in [6.45, 7) is 0. The molecule has 0 spiro atoms. The van der Waals surface area contributed by atoms with E-state index in [1.807, 2.05) is 18.2 Å². The number of rotatable bonds is 3. The number of nitrogens with zero attached hydrogens (tertiary/aromatic N) is 4. The number of thioether (sulfide) groups is 1. The van der Waals surface area contributed by atoms with E-state index in [1.54, 1.807) is 12.1 Å². The van der Waals surface area contributed by atoms with Crippen LogP contribution in [0.1, 0.15) is 17.0 Å². The van der Waals surface area contributed by atoms with Crippen LogP contribution >= 0.6 is 11.8 Å². The first-order valence-corrected chi connectivity index (χ1v) is 7.05. The van der Waals surface area contributed by atoms with Gasteiger partial charge in [0.1, 0.15) is 0 Å². The largest absolute Gasteiger partial charge is 0.338 e. The van der Waals surface area contributed by atoms with Crippen molar-refractivity contribution in [3.63, 3.8) is 0 Å². The van der Waals surface area contributed by atoms with Gasteiger partial charge in [-0.2, -0.15) is 0 Å². The van der Waals surface area contributed by atoms with Crippen molar-refractivity contribution >= 4 is 22.8 Å². The van der Waals surface area contributed by atoms with E-state index in [-0.39, 0.29) is 10.9 Å². The molecule has 1 aliphatic heterocycles. The maximum atomic E-state index is 11.9. The van der Waals surface area contributed by atoms with Gasteiger partial charge in [0.2, 0.25) is 5.12 Å². The SMILES string of the molecule is O=C(N[C@@H]1CCSC1=O)c1nnn(-c2ccccc2)n1. The quantitative estimate of drug-likeness (QED) is 0.881. The third kappa shape index (κ3) is 2.55. The van der Waals surface area contributed by atoms with Gasteiger partial charge in [-0.25, -0.2) is 0 Å². The number of hydrogen-bond acceptors (Lipinski definition) is 6. The number of benzene rings is 1. The molecular formula is C12H11N5O2S. The van der Waals surface area contributed by atoms with Crippen LogP contribution in [0.25, 0.3) is 5.69 Å². The molecule has 2 aromatic rings. The molecule has 2 heterocycles. The van der Waals surface area contributed by atoms with Crippen LogP contribution in [0.15, 0.2) is 30.3 Å². The highest BCUT2D eigenvalue weighted by atomic mass is 32.2. The van der Waals surface area contributed by atoms with Crippen molar-refractivity contribution in [2.45, 2.75) is 12.5 Å². The van der Waals surface area contributed by atoms with E-state index in [1.165, 1.54) is 16.6 Å². The van der Waals surface area contributed by atoms with E-state index < -0.39 is 11.9 Å². The lowest BCUT2D eigenvalue weighted by Gasteiger charge is -2.06. The van der Waals surface area contributed by atoms with Crippen LogP contribution in [0, 0.1) is 0 Å². The molecule has 1 aromatic carbocycles. The molecule has 3 rings (SSSR count). The highest BCUT2D eigenvalue weighted by Gasteiger charge is 2.28. The van der Waals surface area contributed by atoms with Crippen LogP contribution in [0.2, 0.25) is 0 Å². The summed E-state index contributed by atoms with van der Waals surface area (Å²) in [4.78, 5) is 24.7. The molecule has 1 atom stereocenters. The lowest BCUT2D eigenvalue weighted by Crippen LogP contribution is -2.37. The number of para-hydroxylation sites is 1. The molecule has 8 heteroatoms. The Hall–Kier alpha value is -2.22. The Morgan fingerprint density at radius 2 is 2.15 bits per heavy atom. The minimum atomic E-state index is -0.479. The number of carbonyl (C=O) groups excluding carboxylic acids is 2. The summed E-state index contributed by atoms with van der Waals surface area (Å²) in [7, 11) is 0. The van der Waals surface area contributed by atoms with Gasteiger partial charge in [0.15, 0.2) is 0 Å². The van der Waals surface area contributed by atoms with Crippen LogP contribution < -0.4 is 5.32 Å². The van der Waals surface area contributed by atoms with Crippen molar-refractivity contribution in [1.29, 1.82) is 0 Å². The van der Waals surface area contributed by atoms with Crippen molar-refractivity contribution in [1.82, 2.24) is 25.5 Å². The Balaban J connectivity index is 1.73. The van der Waals surface area contributed by atoms with Crippen LogP contribution in [-0.2, 0) is 4.79 Å². The molecule has 0 aliphatic carbocycles. The van der Waals surface area contributed by atoms with E-state index in [0.29, 0.717) is 12.1 Å². The minimum Gasteiger partial charge on any atom is -0.338 e. The second kappa shape index (κ2) is 5.41. The van der Waals surface area contributed by atoms with Crippen molar-refractivity contribution in [3.8, 4) is 5.69 Å². The summed E-state index contributed by atoms with van der Waals surface area (Å²) in [5.41, 5.74) is 0.714. The first kappa shape index (κ1) is 12.8. The van der Waals surface area contributed by atoms with Crippen LogP contribution in [0.5, 0.6) is 0 Å². The van der Waals surface area contributed by atoms with E-state index >= 15 is 0 Å². The van der Waals surface area contributed by atoms with Crippen molar-refractivity contribution in [2.75, 3.05) is 5.75 Å². The van der Waals surface area contributed by atoms with Crippen molar-refractivity contribution in [2.24, 2.45) is 0 Å². The lowest BCUT2D eigenvalue weighted by molar-refractivity contribution is -0.112. The number of amides is 1. The Morgan fingerprint density at radius 3 is 2.85 bits per heavy atom. The summed E-state index contributed by atoms with van der Waals surface area (Å²) in [6.07, 6.45) is 0.641. The fourth-order valence-electron chi connectivity index (χ4n) is 1.83. The summed E-state index contributed by atoms with van der Waals surface area (Å²) in [5.74, 6) is 0.208. The monoisotopic (exact) mass is 289 g/mol. The van der Waals surface area contributed by atoms with Crippen LogP contribution in [-0.4, -0.2) is 43.0 Å². The van der Waals surface area contributed by atoms with Crippen LogP contribution in [0.4, 0.5) is 0 Å². The molecule has 102 valence electrons. The molecule has 20 heavy (non-hydrogen) atoms. The smallest absolute Gasteiger partial charge is 0.293 e. The number of tetrazole rings is 1. The van der Waals surface area contributed by atoms with Gasteiger partial charge in [-0.1, -0.05) is 30.0 Å². The number of aromatic nitrogens is 4. The van der Waals surface area contributed by atoms with Gasteiger partial charge in [-0.15, -0.1) is 15.0 Å². The fraction of sp³-hybridized carbons (Fsp3) is 0.250. The van der Waals surface area contributed by atoms with Gasteiger partial charge >= 0.3 is 0 Å². The van der Waals surface area contributed by atoms with Gasteiger partial charge < -0.3 is 5.32 Å². The van der Waals surface area contributed by atoms with E-state index in [0.717, 1.165) is 5.75 Å². The summed E-state index contributed by atoms with van der Waals surface area (Å²) < 4.78 is 0. The first-order valence-electron chi connectivity index (χ1n) is 6.07. The molecule has 0 saturated carbocycles. The Labute approximate surface area is 118 Å². The van der Waals surface area contributed by atoms with E-state index in [2.05, 4.69) is 20.7 Å². The molecule has 0 unspecified atom stereocenters. The average molecular weight is 289 g/mol. The van der Waals surface area contributed by atoms with E-state index in [9.17, 15) is 9.59 Å². The first-order chi connectivity index (χ1) is 9.74. The highest BCUT2D eigenvalue weighted by molar-refractivity contribution is 8.14. The van der Waals surface area contributed by atoms with Gasteiger partial charge in [0.05, 0.1) is 11.7 Å². The molecule has 1 amide bonds. The molecule has 0 radical (unpaired) electrons. The Morgan fingerprint density at radius 1 is 1.35 bits per heavy atom. The highest BCUT2D eigenvalue weighted by Crippen LogP contribution is 2.19. The van der Waals surface area contributed by atoms with Gasteiger partial charge in [0, 0.05) is 5.75 Å². The maximum Gasteiger partial charge on any atom is 0.293 e. The third-order valence-corrected chi connectivity index (χ3v) is 3.85. The van der Waals surface area contributed by atoms with Gasteiger partial charge in [-0.3, -0.25) is 9.59 Å². The third-order valence-electron chi connectivity index (χ3n) is 2.84. The average Bonchev–Trinajstić information content (AvgIpc) is 3.10. The van der Waals surface area contributed by atoms with Gasteiger partial charge in [-0.05, 0) is 23.8 Å². The molecule has 1 aliphatic rings. The summed E-state index contributed by atoms with van der Waals surface area (Å²) in [6, 6.07) is 8.72. The zero-order chi connectivity index (χ0) is 13.9. The zero-order valence-electron chi connectivity index (χ0n) is 10.4. The van der Waals surface area contributed by atoms with Crippen molar-refractivity contribution in [3.05, 3.63) is 36.2 Å². The van der Waals surface area contributed by atoms with Crippen LogP contribution in [0.3, 0.4) is 0 Å². The summed E-state index contributed by atoms with van der Waals surface area (Å²) in [5, 5.41) is 14.2. The molecule has 1 aromatic heterocycles. The van der Waals surface area contributed by atoms with Crippen molar-refractivity contribution < 1.29 is 9.59 Å². The zero-order valence-corrected chi connectivity index (χ0v) is 11.2. The predicted octanol–water partition coefficient (Wildman–Crippen LogP) is 0.424. The number of hydrogen-bond donors (Lipinski definition) is 1. The second-order valence-corrected chi connectivity index (χ2v) is 5.32. The fourth-order valence-corrected chi connectivity index (χ4v) is 2.76. The normalized spacial score (nSPS) is 18.2. The molecule has 1 fully saturated rings. The maximum absolute atomic E-state index is 11.9. The lowest BCUT2D eigenvalue weighted by atomic mass is 10.2. The number of nitrogens with one attached hydrogen (secondary N) is 1.